The van der Waals surface area contributed by atoms with E-state index in [1.54, 1.807) is 29.3 Å². The number of likely N-dealkylation sites (tertiary alicyclic amines) is 1. The molecule has 1 unspecified atom stereocenters. The lowest BCUT2D eigenvalue weighted by molar-refractivity contribution is 0.0382. The molecule has 4 rings (SSSR count). The first-order valence-corrected chi connectivity index (χ1v) is 7.87. The summed E-state index contributed by atoms with van der Waals surface area (Å²) in [6, 6.07) is 7.05. The predicted molar refractivity (Wildman–Crippen MR) is 87.6 cm³/mol. The van der Waals surface area contributed by atoms with Gasteiger partial charge in [0.25, 0.3) is 5.91 Å². The topological polar surface area (TPSA) is 95.0 Å². The summed E-state index contributed by atoms with van der Waals surface area (Å²) in [4.78, 5) is 18.8. The second-order valence-corrected chi connectivity index (χ2v) is 6.33. The first kappa shape index (κ1) is 15.0. The zero-order chi connectivity index (χ0) is 16.7. The number of carbonyl (C=O) groups is 1. The van der Waals surface area contributed by atoms with E-state index in [9.17, 15) is 9.90 Å². The fraction of sp³-hybridized carbons (Fsp3) is 0.250. The SMILES string of the molecule is O=C(c1cc(Cl)cc2cccnc12)N1CCC(O)(c2cn[nH]n2)C1. The molecule has 122 valence electrons. The molecular weight excluding hydrogens is 330 g/mol. The van der Waals surface area contributed by atoms with E-state index in [0.717, 1.165) is 5.39 Å². The molecule has 1 aliphatic heterocycles. The van der Waals surface area contributed by atoms with E-state index < -0.39 is 5.60 Å². The summed E-state index contributed by atoms with van der Waals surface area (Å²) in [5.74, 6) is -0.208. The van der Waals surface area contributed by atoms with Gasteiger partial charge in [0.1, 0.15) is 11.3 Å². The number of halogens is 1. The van der Waals surface area contributed by atoms with Crippen LogP contribution in [-0.2, 0) is 5.60 Å². The van der Waals surface area contributed by atoms with E-state index in [0.29, 0.717) is 34.8 Å². The summed E-state index contributed by atoms with van der Waals surface area (Å²) in [6.07, 6.45) is 3.52. The van der Waals surface area contributed by atoms with Crippen molar-refractivity contribution in [1.29, 1.82) is 0 Å². The Morgan fingerprint density at radius 3 is 3.08 bits per heavy atom. The molecule has 1 amide bonds. The first-order valence-electron chi connectivity index (χ1n) is 7.49. The Morgan fingerprint density at radius 1 is 1.42 bits per heavy atom. The van der Waals surface area contributed by atoms with Gasteiger partial charge in [0.15, 0.2) is 0 Å². The monoisotopic (exact) mass is 343 g/mol. The Kier molecular flexibility index (Phi) is 3.47. The lowest BCUT2D eigenvalue weighted by Crippen LogP contribution is -2.34. The number of rotatable bonds is 2. The molecule has 3 heterocycles. The minimum atomic E-state index is -1.19. The molecule has 1 atom stereocenters. The molecule has 0 saturated carbocycles. The van der Waals surface area contributed by atoms with Gasteiger partial charge >= 0.3 is 0 Å². The summed E-state index contributed by atoms with van der Waals surface area (Å²) < 4.78 is 0. The minimum absolute atomic E-state index is 0.152. The Bertz CT molecular complexity index is 914. The van der Waals surface area contributed by atoms with Crippen molar-refractivity contribution < 1.29 is 9.90 Å². The molecule has 1 fully saturated rings. The molecule has 0 spiro atoms. The van der Waals surface area contributed by atoms with Crippen molar-refractivity contribution in [2.75, 3.05) is 13.1 Å². The zero-order valence-electron chi connectivity index (χ0n) is 12.6. The second-order valence-electron chi connectivity index (χ2n) is 5.89. The lowest BCUT2D eigenvalue weighted by Gasteiger charge is -2.21. The van der Waals surface area contributed by atoms with Gasteiger partial charge in [-0.05, 0) is 18.2 Å². The molecule has 24 heavy (non-hydrogen) atoms. The molecule has 0 radical (unpaired) electrons. The lowest BCUT2D eigenvalue weighted by atomic mass is 10.00. The van der Waals surface area contributed by atoms with Crippen LogP contribution in [0.15, 0.2) is 36.7 Å². The van der Waals surface area contributed by atoms with Gasteiger partial charge < -0.3 is 10.0 Å². The third-order valence-electron chi connectivity index (χ3n) is 4.33. The molecule has 8 heteroatoms. The van der Waals surface area contributed by atoms with E-state index in [1.807, 2.05) is 6.07 Å². The third kappa shape index (κ3) is 2.42. The maximum atomic E-state index is 12.9. The van der Waals surface area contributed by atoms with Gasteiger partial charge in [-0.3, -0.25) is 9.78 Å². The van der Waals surface area contributed by atoms with Crippen molar-refractivity contribution in [3.05, 3.63) is 52.9 Å². The maximum Gasteiger partial charge on any atom is 0.256 e. The number of fused-ring (bicyclic) bond motifs is 1. The molecule has 0 aliphatic carbocycles. The number of β-amino-alcohol motifs (C(OH)–C–C–N with tert-alkyl or cyclic N) is 1. The standard InChI is InChI=1S/C16H14ClN5O2/c17-11-6-10-2-1-4-18-14(10)12(7-11)15(23)22-5-3-16(24,9-22)13-8-19-21-20-13/h1-2,4,6-8,24H,3,5,9H2,(H,19,20,21). The van der Waals surface area contributed by atoms with Crippen LogP contribution < -0.4 is 0 Å². The van der Waals surface area contributed by atoms with E-state index in [-0.39, 0.29) is 12.5 Å². The normalized spacial score (nSPS) is 20.7. The Morgan fingerprint density at radius 2 is 2.29 bits per heavy atom. The van der Waals surface area contributed by atoms with Crippen LogP contribution in [0.1, 0.15) is 22.5 Å². The van der Waals surface area contributed by atoms with Crippen LogP contribution in [0, 0.1) is 0 Å². The van der Waals surface area contributed by atoms with Crippen LogP contribution in [0.3, 0.4) is 0 Å². The Hall–Kier alpha value is -2.51. The fourth-order valence-electron chi connectivity index (χ4n) is 3.09. The number of aromatic amines is 1. The van der Waals surface area contributed by atoms with Crippen molar-refractivity contribution in [2.24, 2.45) is 0 Å². The quantitative estimate of drug-likeness (QED) is 0.739. The summed E-state index contributed by atoms with van der Waals surface area (Å²) in [6.45, 7) is 0.572. The van der Waals surface area contributed by atoms with Gasteiger partial charge in [0.2, 0.25) is 0 Å². The van der Waals surface area contributed by atoms with Crippen LogP contribution >= 0.6 is 11.6 Å². The Labute approximate surface area is 142 Å². The number of hydrogen-bond acceptors (Lipinski definition) is 5. The van der Waals surface area contributed by atoms with Gasteiger partial charge in [0.05, 0.1) is 23.8 Å². The molecule has 0 bridgehead atoms. The smallest absolute Gasteiger partial charge is 0.256 e. The average Bonchev–Trinajstić information content (AvgIpc) is 3.24. The number of nitrogens with zero attached hydrogens (tertiary/aromatic N) is 4. The number of nitrogens with one attached hydrogen (secondary N) is 1. The number of amides is 1. The van der Waals surface area contributed by atoms with E-state index in [4.69, 9.17) is 11.6 Å². The van der Waals surface area contributed by atoms with E-state index in [2.05, 4.69) is 20.4 Å². The highest BCUT2D eigenvalue weighted by Crippen LogP contribution is 2.32. The summed E-state index contributed by atoms with van der Waals surface area (Å²) in [5, 5.41) is 22.2. The largest absolute Gasteiger partial charge is 0.381 e. The predicted octanol–water partition coefficient (Wildman–Crippen LogP) is 1.74. The molecule has 3 aromatic rings. The van der Waals surface area contributed by atoms with E-state index in [1.165, 1.54) is 6.20 Å². The number of carbonyl (C=O) groups excluding carboxylic acids is 1. The number of aromatic nitrogens is 4. The van der Waals surface area contributed by atoms with Crippen molar-refractivity contribution in [2.45, 2.75) is 12.0 Å². The van der Waals surface area contributed by atoms with Crippen molar-refractivity contribution in [3.63, 3.8) is 0 Å². The molecular formula is C16H14ClN5O2. The van der Waals surface area contributed by atoms with Crippen LogP contribution in [0.5, 0.6) is 0 Å². The molecule has 1 saturated heterocycles. The number of aliphatic hydroxyl groups is 1. The maximum absolute atomic E-state index is 12.9. The molecule has 2 aromatic heterocycles. The Balaban J connectivity index is 1.68. The van der Waals surface area contributed by atoms with Crippen molar-refractivity contribution in [1.82, 2.24) is 25.3 Å². The highest BCUT2D eigenvalue weighted by Gasteiger charge is 2.42. The third-order valence-corrected chi connectivity index (χ3v) is 4.55. The molecule has 1 aliphatic rings. The highest BCUT2D eigenvalue weighted by molar-refractivity contribution is 6.32. The summed E-state index contributed by atoms with van der Waals surface area (Å²) in [7, 11) is 0. The highest BCUT2D eigenvalue weighted by atomic mass is 35.5. The number of hydrogen-bond donors (Lipinski definition) is 2. The van der Waals surface area contributed by atoms with Crippen LogP contribution in [0.2, 0.25) is 5.02 Å². The van der Waals surface area contributed by atoms with Crippen LogP contribution in [0.25, 0.3) is 10.9 Å². The van der Waals surface area contributed by atoms with Gasteiger partial charge in [-0.2, -0.15) is 15.4 Å². The van der Waals surface area contributed by atoms with Crippen LogP contribution in [0.4, 0.5) is 0 Å². The number of H-pyrrole nitrogens is 1. The summed E-state index contributed by atoms with van der Waals surface area (Å²) >= 11 is 6.14. The molecule has 1 aromatic carbocycles. The van der Waals surface area contributed by atoms with Gasteiger partial charge in [-0.25, -0.2) is 0 Å². The number of pyridine rings is 1. The summed E-state index contributed by atoms with van der Waals surface area (Å²) in [5.41, 5.74) is 0.281. The zero-order valence-corrected chi connectivity index (χ0v) is 13.4. The van der Waals surface area contributed by atoms with Crippen LogP contribution in [-0.4, -0.2) is 49.4 Å². The molecule has 2 N–H and O–H groups in total. The van der Waals surface area contributed by atoms with Crippen molar-refractivity contribution in [3.8, 4) is 0 Å². The van der Waals surface area contributed by atoms with Gasteiger partial charge in [0, 0.05) is 29.6 Å². The second kappa shape index (κ2) is 5.54. The minimum Gasteiger partial charge on any atom is -0.381 e. The molecule has 7 nitrogen and oxygen atoms in total. The average molecular weight is 344 g/mol. The van der Waals surface area contributed by atoms with Crippen molar-refractivity contribution >= 4 is 28.4 Å². The van der Waals surface area contributed by atoms with Gasteiger partial charge in [-0.15, -0.1) is 0 Å². The van der Waals surface area contributed by atoms with E-state index >= 15 is 0 Å². The first-order chi connectivity index (χ1) is 11.6. The fourth-order valence-corrected chi connectivity index (χ4v) is 3.32. The number of benzene rings is 1. The van der Waals surface area contributed by atoms with Gasteiger partial charge in [-0.1, -0.05) is 17.7 Å².